The molecule has 0 amide bonds. The molecule has 0 fully saturated rings. The molecule has 1 aromatic rings. The first-order chi connectivity index (χ1) is 6.91. The van der Waals surface area contributed by atoms with Gasteiger partial charge in [0.15, 0.2) is 15.6 Å². The molecule has 0 aliphatic carbocycles. The lowest BCUT2D eigenvalue weighted by Gasteiger charge is -1.92. The van der Waals surface area contributed by atoms with Gasteiger partial charge in [-0.25, -0.2) is 12.8 Å². The van der Waals surface area contributed by atoms with Gasteiger partial charge in [-0.15, -0.1) is 0 Å². The van der Waals surface area contributed by atoms with Crippen molar-refractivity contribution in [3.63, 3.8) is 0 Å². The van der Waals surface area contributed by atoms with Gasteiger partial charge in [0.1, 0.15) is 5.82 Å². The molecule has 0 radical (unpaired) electrons. The van der Waals surface area contributed by atoms with Crippen LogP contribution in [0.5, 0.6) is 0 Å². The summed E-state index contributed by atoms with van der Waals surface area (Å²) in [6.45, 7) is 1.41. The zero-order valence-electron chi connectivity index (χ0n) is 7.98. The Bertz CT molecular complexity index is 475. The van der Waals surface area contributed by atoms with Gasteiger partial charge in [0.25, 0.3) is 0 Å². The molecule has 1 aromatic carbocycles. The average molecular weight is 228 g/mol. The maximum Gasteiger partial charge on any atom is 0.194 e. The Morgan fingerprint density at radius 3 is 2.07 bits per heavy atom. The van der Waals surface area contributed by atoms with Crippen molar-refractivity contribution in [2.24, 2.45) is 0 Å². The summed E-state index contributed by atoms with van der Waals surface area (Å²) in [4.78, 5) is 10.6. The van der Waals surface area contributed by atoms with E-state index in [-0.39, 0.29) is 11.6 Å². The van der Waals surface area contributed by atoms with Crippen molar-refractivity contribution in [3.8, 4) is 0 Å². The van der Waals surface area contributed by atoms with E-state index >= 15 is 0 Å². The fourth-order valence-electron chi connectivity index (χ4n) is 0.753. The topological polar surface area (TPSA) is 51.2 Å². The fourth-order valence-corrected chi connectivity index (χ4v) is 1.12. The van der Waals surface area contributed by atoms with Crippen LogP contribution in [0, 0.1) is 5.82 Å². The zero-order valence-corrected chi connectivity index (χ0v) is 8.79. The first kappa shape index (κ1) is 11.6. The van der Waals surface area contributed by atoms with E-state index < -0.39 is 9.84 Å². The van der Waals surface area contributed by atoms with Gasteiger partial charge in [0.2, 0.25) is 0 Å². The Morgan fingerprint density at radius 2 is 1.80 bits per heavy atom. The van der Waals surface area contributed by atoms with Crippen molar-refractivity contribution in [2.45, 2.75) is 6.92 Å². The molecule has 0 N–H and O–H groups in total. The van der Waals surface area contributed by atoms with E-state index in [1.54, 1.807) is 6.07 Å². The third-order valence-corrected chi connectivity index (χ3v) is 2.31. The van der Waals surface area contributed by atoms with Crippen molar-refractivity contribution in [2.75, 3.05) is 0 Å². The number of benzene rings is 1. The lowest BCUT2D eigenvalue weighted by atomic mass is 10.1. The summed E-state index contributed by atoms with van der Waals surface area (Å²) in [7, 11) is -2.67. The Labute approximate surface area is 87.2 Å². The number of carbonyl (C=O) groups is 1. The third-order valence-electron chi connectivity index (χ3n) is 1.59. The molecule has 0 aromatic heterocycles. The van der Waals surface area contributed by atoms with Gasteiger partial charge in [-0.3, -0.25) is 4.79 Å². The van der Waals surface area contributed by atoms with Gasteiger partial charge >= 0.3 is 0 Å². The van der Waals surface area contributed by atoms with E-state index in [0.29, 0.717) is 5.56 Å². The van der Waals surface area contributed by atoms with E-state index in [9.17, 15) is 17.6 Å². The number of ketones is 1. The number of hydrogen-bond acceptors (Lipinski definition) is 3. The van der Waals surface area contributed by atoms with Crippen LogP contribution in [0.1, 0.15) is 17.3 Å². The van der Waals surface area contributed by atoms with Crippen LogP contribution < -0.4 is 0 Å². The summed E-state index contributed by atoms with van der Waals surface area (Å²) in [5, 5.41) is 2.32. The Kier molecular flexibility index (Phi) is 3.36. The highest BCUT2D eigenvalue weighted by molar-refractivity contribution is 8.03. The van der Waals surface area contributed by atoms with E-state index in [1.807, 2.05) is 0 Å². The average Bonchev–Trinajstić information content (AvgIpc) is 2.82. The molecule has 3 nitrogen and oxygen atoms in total. The molecule has 1 aliphatic rings. The van der Waals surface area contributed by atoms with E-state index in [4.69, 9.17) is 0 Å². The second kappa shape index (κ2) is 4.35. The normalized spacial score (nSPS) is 15.1. The van der Waals surface area contributed by atoms with Crippen LogP contribution in [0.2, 0.25) is 0 Å². The first-order valence-corrected chi connectivity index (χ1v) is 5.71. The number of halogens is 1. The summed E-state index contributed by atoms with van der Waals surface area (Å²) in [6, 6.07) is 5.65. The van der Waals surface area contributed by atoms with Crippen LogP contribution in [-0.4, -0.2) is 14.2 Å². The molecule has 0 spiro atoms. The summed E-state index contributed by atoms with van der Waals surface area (Å²) in [6.07, 6.45) is 0. The van der Waals surface area contributed by atoms with Crippen molar-refractivity contribution >= 4 is 15.6 Å². The van der Waals surface area contributed by atoms with Crippen molar-refractivity contribution in [1.29, 1.82) is 0 Å². The molecular weight excluding hydrogens is 219 g/mol. The largest absolute Gasteiger partial charge is 0.295 e. The van der Waals surface area contributed by atoms with Crippen LogP contribution in [0.4, 0.5) is 4.39 Å². The molecule has 80 valence electrons. The van der Waals surface area contributed by atoms with Crippen LogP contribution in [0.25, 0.3) is 0 Å². The van der Waals surface area contributed by atoms with Crippen LogP contribution in [0.15, 0.2) is 35.1 Å². The smallest absolute Gasteiger partial charge is 0.194 e. The molecule has 0 bridgehead atoms. The van der Waals surface area contributed by atoms with Crippen molar-refractivity contribution in [1.82, 2.24) is 0 Å². The molecule has 15 heavy (non-hydrogen) atoms. The summed E-state index contributed by atoms with van der Waals surface area (Å²) in [5.41, 5.74) is 0.417. The lowest BCUT2D eigenvalue weighted by molar-refractivity contribution is 0.101. The maximum absolute atomic E-state index is 12.4. The number of hydrogen-bond donors (Lipinski definition) is 0. The van der Waals surface area contributed by atoms with Crippen LogP contribution >= 0.6 is 0 Å². The summed E-state index contributed by atoms with van der Waals surface area (Å²) in [5.74, 6) is -0.479. The molecule has 0 saturated heterocycles. The Balaban J connectivity index is 0.000000187. The first-order valence-electron chi connectivity index (χ1n) is 4.10. The van der Waals surface area contributed by atoms with Gasteiger partial charge in [-0.2, -0.15) is 0 Å². The highest BCUT2D eigenvalue weighted by atomic mass is 32.2. The Hall–Kier alpha value is -1.49. The second-order valence-electron chi connectivity index (χ2n) is 2.93. The minimum atomic E-state index is -2.67. The highest BCUT2D eigenvalue weighted by Gasteiger charge is 2.11. The molecule has 1 heterocycles. The van der Waals surface area contributed by atoms with Gasteiger partial charge in [-0.1, -0.05) is 12.1 Å². The third kappa shape index (κ3) is 4.51. The van der Waals surface area contributed by atoms with Crippen LogP contribution in [0.3, 0.4) is 0 Å². The molecule has 0 unspecified atom stereocenters. The van der Waals surface area contributed by atoms with Gasteiger partial charge in [-0.05, 0) is 19.1 Å². The second-order valence-corrected chi connectivity index (χ2v) is 4.65. The number of carbonyl (C=O) groups excluding carboxylic acids is 1. The van der Waals surface area contributed by atoms with E-state index in [2.05, 4.69) is 0 Å². The minimum Gasteiger partial charge on any atom is -0.295 e. The number of sulfone groups is 1. The van der Waals surface area contributed by atoms with Gasteiger partial charge in [0, 0.05) is 16.4 Å². The molecule has 0 atom stereocenters. The van der Waals surface area contributed by atoms with Crippen LogP contribution in [-0.2, 0) is 9.84 Å². The SMILES string of the molecule is CC(=O)c1cccc(F)c1.O=S1(=O)C=C1. The van der Waals surface area contributed by atoms with Crippen molar-refractivity contribution in [3.05, 3.63) is 46.5 Å². The minimum absolute atomic E-state index is 0.112. The van der Waals surface area contributed by atoms with E-state index in [1.165, 1.54) is 25.1 Å². The number of rotatable bonds is 1. The Morgan fingerprint density at radius 1 is 1.27 bits per heavy atom. The highest BCUT2D eigenvalue weighted by Crippen LogP contribution is 2.07. The lowest BCUT2D eigenvalue weighted by Crippen LogP contribution is -1.91. The zero-order chi connectivity index (χ0) is 11.5. The fraction of sp³-hybridized carbons (Fsp3) is 0.100. The van der Waals surface area contributed by atoms with E-state index in [0.717, 1.165) is 10.8 Å². The quantitative estimate of drug-likeness (QED) is 0.690. The summed E-state index contributed by atoms with van der Waals surface area (Å²) < 4.78 is 31.6. The van der Waals surface area contributed by atoms with Gasteiger partial charge < -0.3 is 0 Å². The summed E-state index contributed by atoms with van der Waals surface area (Å²) >= 11 is 0. The molecule has 5 heteroatoms. The van der Waals surface area contributed by atoms with Crippen molar-refractivity contribution < 1.29 is 17.6 Å². The molecule has 0 saturated carbocycles. The predicted octanol–water partition coefficient (Wildman–Crippen LogP) is 1.91. The number of Topliss-reactive ketones (excluding diaryl/α,β-unsaturated/α-hetero) is 1. The standard InChI is InChI=1S/C8H7FO.C2H2O2S/c1-6(10)7-3-2-4-8(9)5-7;3-5(4)1-2-5/h2-5H,1H3;1-2H. The molecule has 1 aliphatic heterocycles. The van der Waals surface area contributed by atoms with Gasteiger partial charge in [0.05, 0.1) is 0 Å². The monoisotopic (exact) mass is 228 g/mol. The maximum atomic E-state index is 12.4. The molecule has 2 rings (SSSR count). The molecular formula is C10H9FO3S. The predicted molar refractivity (Wildman–Crippen MR) is 54.5 cm³/mol.